The van der Waals surface area contributed by atoms with Crippen LogP contribution < -0.4 is 15.8 Å². The van der Waals surface area contributed by atoms with E-state index in [0.29, 0.717) is 41.3 Å². The minimum Gasteiger partial charge on any atom is -0.470 e. The molecule has 0 saturated carbocycles. The van der Waals surface area contributed by atoms with Gasteiger partial charge in [-0.25, -0.2) is 9.78 Å². The largest absolute Gasteiger partial charge is 0.470 e. The fourth-order valence-corrected chi connectivity index (χ4v) is 3.23. The lowest BCUT2D eigenvalue weighted by Crippen LogP contribution is -2.34. The molecule has 2 atom stereocenters. The third-order valence-corrected chi connectivity index (χ3v) is 4.95. The Morgan fingerprint density at radius 2 is 2.03 bits per heavy atom. The van der Waals surface area contributed by atoms with Crippen LogP contribution in [-0.2, 0) is 4.74 Å². The van der Waals surface area contributed by atoms with Crippen molar-refractivity contribution in [2.45, 2.75) is 12.2 Å². The number of aromatic nitrogens is 3. The quantitative estimate of drug-likeness (QED) is 0.617. The second-order valence-electron chi connectivity index (χ2n) is 6.13. The molecule has 2 unspecified atom stereocenters. The Bertz CT molecular complexity index is 1030. The predicted octanol–water partition coefficient (Wildman–Crippen LogP) is 3.26. The lowest BCUT2D eigenvalue weighted by Gasteiger charge is -2.26. The summed E-state index contributed by atoms with van der Waals surface area (Å²) in [5, 5.41) is 7.86. The molecular formula is C18H17Cl3N4O4. The molecule has 29 heavy (non-hydrogen) atoms. The molecule has 11 heteroatoms. The third kappa shape index (κ3) is 5.09. The smallest absolute Gasteiger partial charge is 0.439 e. The molecule has 1 aliphatic heterocycles. The monoisotopic (exact) mass is 458 g/mol. The van der Waals surface area contributed by atoms with Gasteiger partial charge in [0.2, 0.25) is 11.7 Å². The van der Waals surface area contributed by atoms with E-state index in [1.54, 1.807) is 30.3 Å². The van der Waals surface area contributed by atoms with Gasteiger partial charge in [-0.15, -0.1) is 12.4 Å². The first-order valence-electron chi connectivity index (χ1n) is 8.57. The summed E-state index contributed by atoms with van der Waals surface area (Å²) >= 11 is 12.2. The van der Waals surface area contributed by atoms with Crippen molar-refractivity contribution >= 4 is 35.6 Å². The number of H-pyrrole nitrogens is 1. The van der Waals surface area contributed by atoms with Crippen molar-refractivity contribution in [3.8, 4) is 17.4 Å². The van der Waals surface area contributed by atoms with Crippen LogP contribution in [0.2, 0.25) is 10.0 Å². The minimum atomic E-state index is -0.649. The lowest BCUT2D eigenvalue weighted by atomic mass is 10.0. The van der Waals surface area contributed by atoms with Crippen LogP contribution in [0.3, 0.4) is 0 Å². The summed E-state index contributed by atoms with van der Waals surface area (Å²) in [5.74, 6) is -0.0559. The normalized spacial score (nSPS) is 19.2. The molecule has 2 aromatic heterocycles. The molecule has 0 bridgehead atoms. The Morgan fingerprint density at radius 3 is 2.79 bits per heavy atom. The molecule has 0 aliphatic carbocycles. The highest BCUT2D eigenvalue weighted by atomic mass is 35.5. The topological polar surface area (TPSA) is 102 Å². The average molecular weight is 460 g/mol. The first-order valence-corrected chi connectivity index (χ1v) is 9.33. The van der Waals surface area contributed by atoms with Gasteiger partial charge in [-0.1, -0.05) is 40.5 Å². The zero-order chi connectivity index (χ0) is 19.5. The molecule has 3 aromatic rings. The highest BCUT2D eigenvalue weighted by Gasteiger charge is 2.29. The molecule has 1 aliphatic rings. The van der Waals surface area contributed by atoms with Gasteiger partial charge in [0.05, 0.1) is 16.7 Å². The van der Waals surface area contributed by atoms with Crippen molar-refractivity contribution in [3.63, 3.8) is 0 Å². The fraction of sp³-hybridized carbons (Fsp3) is 0.278. The van der Waals surface area contributed by atoms with Gasteiger partial charge >= 0.3 is 5.76 Å². The van der Waals surface area contributed by atoms with E-state index < -0.39 is 5.76 Å². The molecule has 0 radical (unpaired) electrons. The van der Waals surface area contributed by atoms with Gasteiger partial charge in [-0.2, -0.15) is 0 Å². The van der Waals surface area contributed by atoms with Crippen molar-refractivity contribution in [3.05, 3.63) is 62.6 Å². The summed E-state index contributed by atoms with van der Waals surface area (Å²) in [7, 11) is 0. The number of halogens is 3. The number of hydrogen-bond acceptors (Lipinski definition) is 7. The lowest BCUT2D eigenvalue weighted by molar-refractivity contribution is -0.00998. The molecule has 154 valence electrons. The molecular weight excluding hydrogens is 443 g/mol. The Hall–Kier alpha value is -2.10. The summed E-state index contributed by atoms with van der Waals surface area (Å²) in [5.41, 5.74) is 1.29. The molecule has 1 aromatic carbocycles. The number of pyridine rings is 1. The standard InChI is InChI=1S/C18H16Cl2N4O4.ClH/c19-11-5-4-10(8-12(11)20)16-14(9-21-6-7-26-16)27-15-3-1-2-13(22-15)17-23-18(25)28-24-17;/h1-5,8,14,16,21H,6-7,9H2,(H,23,24,25);1H. The summed E-state index contributed by atoms with van der Waals surface area (Å²) < 4.78 is 16.6. The summed E-state index contributed by atoms with van der Waals surface area (Å²) in [4.78, 5) is 18.0. The number of ether oxygens (including phenoxy) is 2. The maximum atomic E-state index is 11.2. The van der Waals surface area contributed by atoms with Crippen LogP contribution in [0, 0.1) is 0 Å². The maximum absolute atomic E-state index is 11.2. The maximum Gasteiger partial charge on any atom is 0.439 e. The number of aromatic amines is 1. The second-order valence-corrected chi connectivity index (χ2v) is 6.94. The van der Waals surface area contributed by atoms with Gasteiger partial charge in [0.25, 0.3) is 0 Å². The van der Waals surface area contributed by atoms with Crippen LogP contribution in [0.25, 0.3) is 11.5 Å². The van der Waals surface area contributed by atoms with E-state index in [1.165, 1.54) is 0 Å². The number of nitrogens with zero attached hydrogens (tertiary/aromatic N) is 2. The van der Waals surface area contributed by atoms with Crippen LogP contribution in [-0.4, -0.2) is 40.9 Å². The molecule has 0 spiro atoms. The number of hydrogen-bond donors (Lipinski definition) is 2. The van der Waals surface area contributed by atoms with E-state index >= 15 is 0 Å². The van der Waals surface area contributed by atoms with Crippen molar-refractivity contribution < 1.29 is 14.0 Å². The van der Waals surface area contributed by atoms with Crippen molar-refractivity contribution in [2.75, 3.05) is 19.7 Å². The molecule has 2 N–H and O–H groups in total. The summed E-state index contributed by atoms with van der Waals surface area (Å²) in [6, 6.07) is 10.5. The summed E-state index contributed by atoms with van der Waals surface area (Å²) in [6.45, 7) is 1.78. The first kappa shape index (κ1) is 21.6. The highest BCUT2D eigenvalue weighted by Crippen LogP contribution is 2.31. The Kier molecular flexibility index (Phi) is 7.15. The zero-order valence-corrected chi connectivity index (χ0v) is 17.3. The van der Waals surface area contributed by atoms with Crippen molar-refractivity contribution in [2.24, 2.45) is 0 Å². The summed E-state index contributed by atoms with van der Waals surface area (Å²) in [6.07, 6.45) is -0.721. The third-order valence-electron chi connectivity index (χ3n) is 4.21. The van der Waals surface area contributed by atoms with Crippen molar-refractivity contribution in [1.82, 2.24) is 20.4 Å². The predicted molar refractivity (Wildman–Crippen MR) is 110 cm³/mol. The number of nitrogens with one attached hydrogen (secondary N) is 2. The van der Waals surface area contributed by atoms with Crippen molar-refractivity contribution in [1.29, 1.82) is 0 Å². The number of benzene rings is 1. The second kappa shape index (κ2) is 9.60. The SMILES string of the molecule is Cl.O=c1[nH]c(-c2cccc(OC3CNCCOC3c3ccc(Cl)c(Cl)c3)n2)no1. The van der Waals surface area contributed by atoms with E-state index in [0.717, 1.165) is 5.56 Å². The van der Waals surface area contributed by atoms with Gasteiger partial charge in [0.1, 0.15) is 17.9 Å². The number of rotatable bonds is 4. The van der Waals surface area contributed by atoms with Gasteiger partial charge in [0.15, 0.2) is 0 Å². The Labute approximate surface area is 181 Å². The van der Waals surface area contributed by atoms with Crippen LogP contribution in [0.1, 0.15) is 11.7 Å². The van der Waals surface area contributed by atoms with Crippen LogP contribution in [0.15, 0.2) is 45.7 Å². The minimum absolute atomic E-state index is 0. The highest BCUT2D eigenvalue weighted by molar-refractivity contribution is 6.42. The Balaban J connectivity index is 0.00000240. The van der Waals surface area contributed by atoms with Crippen LogP contribution in [0.4, 0.5) is 0 Å². The van der Waals surface area contributed by atoms with Gasteiger partial charge in [-0.05, 0) is 23.8 Å². The first-order chi connectivity index (χ1) is 13.6. The van der Waals surface area contributed by atoms with E-state index in [-0.39, 0.29) is 30.4 Å². The van der Waals surface area contributed by atoms with Crippen LogP contribution >= 0.6 is 35.6 Å². The van der Waals surface area contributed by atoms with Gasteiger partial charge in [-0.3, -0.25) is 9.51 Å². The van der Waals surface area contributed by atoms with E-state index in [1.807, 2.05) is 6.07 Å². The van der Waals surface area contributed by atoms with E-state index in [9.17, 15) is 4.79 Å². The fourth-order valence-electron chi connectivity index (χ4n) is 2.93. The van der Waals surface area contributed by atoms with E-state index in [2.05, 4.69) is 25.0 Å². The van der Waals surface area contributed by atoms with E-state index in [4.69, 9.17) is 32.7 Å². The average Bonchev–Trinajstić information content (AvgIpc) is 3.00. The molecule has 1 saturated heterocycles. The molecule has 3 heterocycles. The van der Waals surface area contributed by atoms with Gasteiger partial charge in [0, 0.05) is 19.2 Å². The molecule has 4 rings (SSSR count). The molecule has 8 nitrogen and oxygen atoms in total. The molecule has 1 fully saturated rings. The zero-order valence-electron chi connectivity index (χ0n) is 14.9. The van der Waals surface area contributed by atoms with Gasteiger partial charge < -0.3 is 14.8 Å². The van der Waals surface area contributed by atoms with Crippen LogP contribution in [0.5, 0.6) is 5.88 Å². The Morgan fingerprint density at radius 1 is 1.17 bits per heavy atom. The molecule has 0 amide bonds.